The van der Waals surface area contributed by atoms with Crippen LogP contribution in [0.5, 0.6) is 0 Å². The predicted molar refractivity (Wildman–Crippen MR) is 79.6 cm³/mol. The van der Waals surface area contributed by atoms with Crippen molar-refractivity contribution in [2.24, 2.45) is 5.92 Å². The van der Waals surface area contributed by atoms with Gasteiger partial charge >= 0.3 is 0 Å². The molecule has 5 nitrogen and oxygen atoms in total. The predicted octanol–water partition coefficient (Wildman–Crippen LogP) is 2.47. The van der Waals surface area contributed by atoms with Crippen molar-refractivity contribution in [2.45, 2.75) is 45.6 Å². The summed E-state index contributed by atoms with van der Waals surface area (Å²) in [6.45, 7) is 4.80. The minimum Gasteiger partial charge on any atom is -0.382 e. The summed E-state index contributed by atoms with van der Waals surface area (Å²) in [6, 6.07) is 0.278. The topological polar surface area (TPSA) is 80.0 Å². The highest BCUT2D eigenvalue weighted by molar-refractivity contribution is 7.18. The third-order valence-corrected chi connectivity index (χ3v) is 4.30. The summed E-state index contributed by atoms with van der Waals surface area (Å²) in [4.78, 5) is 16.8. The number of aromatic nitrogens is 1. The first-order valence-electron chi connectivity index (χ1n) is 6.87. The van der Waals surface area contributed by atoms with E-state index in [-0.39, 0.29) is 11.9 Å². The molecule has 1 aromatic rings. The van der Waals surface area contributed by atoms with Gasteiger partial charge < -0.3 is 16.4 Å². The van der Waals surface area contributed by atoms with Crippen molar-refractivity contribution in [1.29, 1.82) is 0 Å². The molecule has 106 valence electrons. The Labute approximate surface area is 118 Å². The molecule has 0 unspecified atom stereocenters. The maximum Gasteiger partial charge on any atom is 0.265 e. The Hall–Kier alpha value is -1.30. The lowest BCUT2D eigenvalue weighted by Gasteiger charge is -2.09. The monoisotopic (exact) mass is 282 g/mol. The lowest BCUT2D eigenvalue weighted by molar-refractivity contribution is 0.0952. The van der Waals surface area contributed by atoms with Crippen molar-refractivity contribution < 1.29 is 4.79 Å². The smallest absolute Gasteiger partial charge is 0.265 e. The number of carbonyl (C=O) groups excluding carboxylic acids is 1. The highest BCUT2D eigenvalue weighted by atomic mass is 32.1. The molecular weight excluding hydrogens is 260 g/mol. The number of thiazole rings is 1. The standard InChI is InChI=1S/C13H22N4OS/c1-8(2)16-13-17-11(14)10(19-13)12(18)15-7-9-5-3-4-6-9/h8-9H,3-7,14H2,1-2H3,(H,15,18)(H,16,17). The summed E-state index contributed by atoms with van der Waals surface area (Å²) in [6.07, 6.45) is 5.01. The van der Waals surface area contributed by atoms with Gasteiger partial charge in [0.1, 0.15) is 10.7 Å². The SMILES string of the molecule is CC(C)Nc1nc(N)c(C(=O)NCC2CCCC2)s1. The first kappa shape index (κ1) is 14.1. The van der Waals surface area contributed by atoms with Crippen molar-refractivity contribution in [3.8, 4) is 0 Å². The first-order valence-corrected chi connectivity index (χ1v) is 7.69. The average molecular weight is 282 g/mol. The Morgan fingerprint density at radius 3 is 2.79 bits per heavy atom. The van der Waals surface area contributed by atoms with E-state index in [4.69, 9.17) is 5.73 Å². The van der Waals surface area contributed by atoms with Crippen molar-refractivity contribution in [3.63, 3.8) is 0 Å². The molecule has 0 saturated heterocycles. The van der Waals surface area contributed by atoms with E-state index in [9.17, 15) is 4.79 Å². The lowest BCUT2D eigenvalue weighted by Crippen LogP contribution is -2.28. The number of carbonyl (C=O) groups is 1. The van der Waals surface area contributed by atoms with E-state index in [0.717, 1.165) is 6.54 Å². The van der Waals surface area contributed by atoms with Gasteiger partial charge in [0.15, 0.2) is 5.13 Å². The highest BCUT2D eigenvalue weighted by Gasteiger charge is 2.19. The molecule has 1 fully saturated rings. The van der Waals surface area contributed by atoms with E-state index in [1.54, 1.807) is 0 Å². The van der Waals surface area contributed by atoms with Crippen LogP contribution in [0.25, 0.3) is 0 Å². The van der Waals surface area contributed by atoms with Crippen LogP contribution >= 0.6 is 11.3 Å². The van der Waals surface area contributed by atoms with Gasteiger partial charge in [-0.2, -0.15) is 0 Å². The van der Waals surface area contributed by atoms with Gasteiger partial charge in [0.05, 0.1) is 0 Å². The van der Waals surface area contributed by atoms with Gasteiger partial charge in [-0.25, -0.2) is 4.98 Å². The van der Waals surface area contributed by atoms with Gasteiger partial charge in [-0.3, -0.25) is 4.79 Å². The van der Waals surface area contributed by atoms with Crippen LogP contribution in [0.4, 0.5) is 10.9 Å². The van der Waals surface area contributed by atoms with Crippen molar-refractivity contribution in [3.05, 3.63) is 4.88 Å². The van der Waals surface area contributed by atoms with Gasteiger partial charge in [0.25, 0.3) is 5.91 Å². The fraction of sp³-hybridized carbons (Fsp3) is 0.692. The molecule has 1 saturated carbocycles. The zero-order valence-electron chi connectivity index (χ0n) is 11.5. The Morgan fingerprint density at radius 2 is 2.16 bits per heavy atom. The Bertz CT molecular complexity index is 438. The number of nitrogens with one attached hydrogen (secondary N) is 2. The zero-order chi connectivity index (χ0) is 13.8. The van der Waals surface area contributed by atoms with Gasteiger partial charge in [-0.05, 0) is 32.6 Å². The molecule has 19 heavy (non-hydrogen) atoms. The summed E-state index contributed by atoms with van der Waals surface area (Å²) in [5.74, 6) is 0.849. The molecule has 0 radical (unpaired) electrons. The second kappa shape index (κ2) is 6.23. The van der Waals surface area contributed by atoms with Crippen LogP contribution in [0, 0.1) is 5.92 Å². The molecule has 4 N–H and O–H groups in total. The fourth-order valence-electron chi connectivity index (χ4n) is 2.34. The number of hydrogen-bond donors (Lipinski definition) is 3. The van der Waals surface area contributed by atoms with Gasteiger partial charge in [-0.1, -0.05) is 24.2 Å². The molecular formula is C13H22N4OS. The van der Waals surface area contributed by atoms with E-state index in [1.165, 1.54) is 37.0 Å². The summed E-state index contributed by atoms with van der Waals surface area (Å²) in [5, 5.41) is 6.84. The van der Waals surface area contributed by atoms with Crippen LogP contribution in [0.3, 0.4) is 0 Å². The maximum absolute atomic E-state index is 12.1. The molecule has 1 amide bonds. The minimum atomic E-state index is -0.0984. The van der Waals surface area contributed by atoms with Crippen LogP contribution < -0.4 is 16.4 Å². The van der Waals surface area contributed by atoms with Gasteiger partial charge in [0, 0.05) is 12.6 Å². The van der Waals surface area contributed by atoms with Crippen molar-refractivity contribution in [2.75, 3.05) is 17.6 Å². The Morgan fingerprint density at radius 1 is 1.47 bits per heavy atom. The van der Waals surface area contributed by atoms with E-state index >= 15 is 0 Å². The van der Waals surface area contributed by atoms with Crippen LogP contribution in [0.15, 0.2) is 0 Å². The number of rotatable bonds is 5. The quantitative estimate of drug-likeness (QED) is 0.775. The summed E-state index contributed by atoms with van der Waals surface area (Å²) in [5.41, 5.74) is 5.80. The van der Waals surface area contributed by atoms with E-state index in [2.05, 4.69) is 15.6 Å². The number of nitrogen functional groups attached to an aromatic ring is 1. The van der Waals surface area contributed by atoms with Crippen LogP contribution in [0.1, 0.15) is 49.2 Å². The van der Waals surface area contributed by atoms with Gasteiger partial charge in [0.2, 0.25) is 0 Å². The summed E-state index contributed by atoms with van der Waals surface area (Å²) >= 11 is 1.32. The minimum absolute atomic E-state index is 0.0984. The van der Waals surface area contributed by atoms with Crippen LogP contribution in [-0.2, 0) is 0 Å². The normalized spacial score (nSPS) is 15.9. The first-order chi connectivity index (χ1) is 9.06. The van der Waals surface area contributed by atoms with E-state index in [0.29, 0.717) is 21.7 Å². The second-order valence-corrected chi connectivity index (χ2v) is 6.39. The third-order valence-electron chi connectivity index (χ3n) is 3.30. The Kier molecular flexibility index (Phi) is 4.63. The Balaban J connectivity index is 1.92. The number of hydrogen-bond acceptors (Lipinski definition) is 5. The van der Waals surface area contributed by atoms with Crippen molar-refractivity contribution >= 4 is 28.2 Å². The van der Waals surface area contributed by atoms with Crippen molar-refractivity contribution in [1.82, 2.24) is 10.3 Å². The third kappa shape index (κ3) is 3.83. The zero-order valence-corrected chi connectivity index (χ0v) is 12.3. The molecule has 0 atom stereocenters. The largest absolute Gasteiger partial charge is 0.382 e. The average Bonchev–Trinajstić information content (AvgIpc) is 2.95. The summed E-state index contributed by atoms with van der Waals surface area (Å²) < 4.78 is 0. The molecule has 1 aromatic heterocycles. The molecule has 0 bridgehead atoms. The molecule has 6 heteroatoms. The number of nitrogens with two attached hydrogens (primary N) is 1. The number of amides is 1. The molecule has 2 rings (SSSR count). The molecule has 0 aliphatic heterocycles. The maximum atomic E-state index is 12.1. The molecule has 0 aromatic carbocycles. The van der Waals surface area contributed by atoms with Crippen LogP contribution in [0.2, 0.25) is 0 Å². The molecule has 1 aliphatic carbocycles. The molecule has 1 aliphatic rings. The second-order valence-electron chi connectivity index (χ2n) is 5.39. The lowest BCUT2D eigenvalue weighted by atomic mass is 10.1. The number of anilines is 2. The highest BCUT2D eigenvalue weighted by Crippen LogP contribution is 2.26. The van der Waals surface area contributed by atoms with Gasteiger partial charge in [-0.15, -0.1) is 0 Å². The molecule has 0 spiro atoms. The summed E-state index contributed by atoms with van der Waals surface area (Å²) in [7, 11) is 0. The van der Waals surface area contributed by atoms with Crippen LogP contribution in [-0.4, -0.2) is 23.5 Å². The van der Waals surface area contributed by atoms with E-state index in [1.807, 2.05) is 13.8 Å². The molecule has 1 heterocycles. The van der Waals surface area contributed by atoms with E-state index < -0.39 is 0 Å². The number of nitrogens with zero attached hydrogens (tertiary/aromatic N) is 1. The fourth-order valence-corrected chi connectivity index (χ4v) is 3.28.